The van der Waals surface area contributed by atoms with Crippen LogP contribution in [0.4, 0.5) is 5.69 Å². The fraction of sp³-hybridized carbons (Fsp3) is 0.346. The van der Waals surface area contributed by atoms with Gasteiger partial charge in [0.05, 0.1) is 12.3 Å². The van der Waals surface area contributed by atoms with Crippen LogP contribution in [0.25, 0.3) is 11.1 Å². The smallest absolute Gasteiger partial charge is 0.182 e. The maximum Gasteiger partial charge on any atom is 0.182 e. The zero-order valence-corrected chi connectivity index (χ0v) is 20.7. The van der Waals surface area contributed by atoms with Crippen LogP contribution in [0.5, 0.6) is 5.75 Å². The summed E-state index contributed by atoms with van der Waals surface area (Å²) in [5.74, 6) is 0.668. The Labute approximate surface area is 209 Å². The van der Waals surface area contributed by atoms with Crippen molar-refractivity contribution < 1.29 is 15.0 Å². The topological polar surface area (TPSA) is 86.6 Å². The van der Waals surface area contributed by atoms with Gasteiger partial charge in [0.15, 0.2) is 17.2 Å². The van der Waals surface area contributed by atoms with E-state index in [0.717, 1.165) is 42.7 Å². The summed E-state index contributed by atoms with van der Waals surface area (Å²) in [6.07, 6.45) is 2.68. The number of aryl methyl sites for hydroxylation is 1. The number of nitrogens with zero attached hydrogens (tertiary/aromatic N) is 3. The van der Waals surface area contributed by atoms with Crippen LogP contribution in [0.3, 0.4) is 0 Å². The van der Waals surface area contributed by atoms with Crippen molar-refractivity contribution in [2.24, 2.45) is 5.92 Å². The van der Waals surface area contributed by atoms with Crippen LogP contribution in [0.2, 0.25) is 10.0 Å². The van der Waals surface area contributed by atoms with Crippen LogP contribution >= 0.6 is 23.2 Å². The molecule has 178 valence electrons. The Hall–Kier alpha value is -2.67. The highest BCUT2D eigenvalue weighted by molar-refractivity contribution is 6.36. The summed E-state index contributed by atoms with van der Waals surface area (Å²) in [6, 6.07) is 12.0. The molecule has 0 saturated carbocycles. The van der Waals surface area contributed by atoms with Gasteiger partial charge in [-0.3, -0.25) is 4.79 Å². The van der Waals surface area contributed by atoms with E-state index >= 15 is 0 Å². The molecule has 0 atom stereocenters. The van der Waals surface area contributed by atoms with Crippen molar-refractivity contribution in [1.29, 1.82) is 0 Å². The number of Topliss-reactive ketones (excluding diaryl/α,β-unsaturated/α-hetero) is 1. The minimum atomic E-state index is -0.253. The Bertz CT molecular complexity index is 1180. The first kappa shape index (κ1) is 24.5. The molecule has 0 unspecified atom stereocenters. The number of hydrogen-bond donors (Lipinski definition) is 2. The first-order chi connectivity index (χ1) is 16.3. The SMILES string of the molecule is CC(=O)c1nc(CC2CCN(c3ccc(-c4cc(Cl)c(CO)c(Cl)c4)cc3)CC2)nc(C)c1O. The van der Waals surface area contributed by atoms with Gasteiger partial charge >= 0.3 is 0 Å². The zero-order chi connectivity index (χ0) is 24.4. The van der Waals surface area contributed by atoms with Gasteiger partial charge in [-0.15, -0.1) is 0 Å². The highest BCUT2D eigenvalue weighted by atomic mass is 35.5. The third kappa shape index (κ3) is 5.19. The minimum Gasteiger partial charge on any atom is -0.504 e. The molecule has 0 aliphatic carbocycles. The van der Waals surface area contributed by atoms with Gasteiger partial charge in [0.1, 0.15) is 5.82 Å². The van der Waals surface area contributed by atoms with Crippen LogP contribution < -0.4 is 4.90 Å². The van der Waals surface area contributed by atoms with E-state index in [4.69, 9.17) is 23.2 Å². The average Bonchev–Trinajstić information content (AvgIpc) is 2.81. The molecule has 34 heavy (non-hydrogen) atoms. The quantitative estimate of drug-likeness (QED) is 0.428. The van der Waals surface area contributed by atoms with Gasteiger partial charge in [0.25, 0.3) is 0 Å². The van der Waals surface area contributed by atoms with Crippen LogP contribution in [0, 0.1) is 12.8 Å². The van der Waals surface area contributed by atoms with Crippen molar-refractivity contribution in [3.8, 4) is 16.9 Å². The largest absolute Gasteiger partial charge is 0.504 e. The van der Waals surface area contributed by atoms with Crippen molar-refractivity contribution in [3.05, 3.63) is 69.2 Å². The lowest BCUT2D eigenvalue weighted by atomic mass is 9.92. The first-order valence-electron chi connectivity index (χ1n) is 11.3. The molecule has 0 amide bonds. The molecule has 8 heteroatoms. The molecular weight excluding hydrogens is 473 g/mol. The molecule has 2 aromatic carbocycles. The van der Waals surface area contributed by atoms with E-state index in [1.165, 1.54) is 6.92 Å². The predicted molar refractivity (Wildman–Crippen MR) is 135 cm³/mol. The van der Waals surface area contributed by atoms with Gasteiger partial charge < -0.3 is 15.1 Å². The van der Waals surface area contributed by atoms with Gasteiger partial charge in [-0.05, 0) is 61.1 Å². The summed E-state index contributed by atoms with van der Waals surface area (Å²) in [6.45, 7) is 4.75. The zero-order valence-electron chi connectivity index (χ0n) is 19.2. The molecule has 1 saturated heterocycles. The summed E-state index contributed by atoms with van der Waals surface area (Å²) in [7, 11) is 0. The number of rotatable bonds is 6. The van der Waals surface area contributed by atoms with E-state index in [0.29, 0.717) is 39.5 Å². The van der Waals surface area contributed by atoms with Gasteiger partial charge in [-0.1, -0.05) is 35.3 Å². The van der Waals surface area contributed by atoms with Gasteiger partial charge in [-0.25, -0.2) is 9.97 Å². The second kappa shape index (κ2) is 10.3. The van der Waals surface area contributed by atoms with E-state index in [2.05, 4.69) is 39.1 Å². The molecule has 2 N–H and O–H groups in total. The molecule has 0 spiro atoms. The molecule has 1 aromatic heterocycles. The Morgan fingerprint density at radius 1 is 1.06 bits per heavy atom. The molecule has 4 rings (SSSR count). The van der Waals surface area contributed by atoms with Crippen molar-refractivity contribution in [2.75, 3.05) is 18.0 Å². The average molecular weight is 500 g/mol. The lowest BCUT2D eigenvalue weighted by Gasteiger charge is -2.33. The number of halogens is 2. The van der Waals surface area contributed by atoms with Crippen molar-refractivity contribution in [3.63, 3.8) is 0 Å². The standard InChI is InChI=1S/C26H27Cl2N3O3/c1-15-26(34)25(16(2)33)30-24(29-15)11-17-7-9-31(10-8-17)20-5-3-18(4-6-20)19-12-22(27)21(14-32)23(28)13-19/h3-6,12-13,17,32,34H,7-11,14H2,1-2H3. The van der Waals surface area contributed by atoms with Gasteiger partial charge in [0, 0.05) is 47.7 Å². The Kier molecular flexibility index (Phi) is 7.41. The number of aromatic nitrogens is 2. The van der Waals surface area contributed by atoms with Gasteiger partial charge in [0.2, 0.25) is 0 Å². The highest BCUT2D eigenvalue weighted by Crippen LogP contribution is 2.33. The Morgan fingerprint density at radius 2 is 1.68 bits per heavy atom. The van der Waals surface area contributed by atoms with Crippen molar-refractivity contribution >= 4 is 34.7 Å². The maximum atomic E-state index is 11.8. The summed E-state index contributed by atoms with van der Waals surface area (Å²) in [5, 5.41) is 20.3. The van der Waals surface area contributed by atoms with Gasteiger partial charge in [-0.2, -0.15) is 0 Å². The first-order valence-corrected chi connectivity index (χ1v) is 12.0. The van der Waals surface area contributed by atoms with Crippen molar-refractivity contribution in [2.45, 2.75) is 39.7 Å². The number of benzene rings is 2. The maximum absolute atomic E-state index is 11.8. The van der Waals surface area contributed by atoms with E-state index in [9.17, 15) is 15.0 Å². The number of aliphatic hydroxyl groups excluding tert-OH is 1. The molecule has 0 bridgehead atoms. The molecule has 1 aliphatic rings. The number of piperidine rings is 1. The monoisotopic (exact) mass is 499 g/mol. The predicted octanol–water partition coefficient (Wildman–Crippen LogP) is 5.62. The van der Waals surface area contributed by atoms with Crippen LogP contribution in [-0.4, -0.2) is 39.1 Å². The van der Waals surface area contributed by atoms with Crippen LogP contribution in [0.1, 0.15) is 47.3 Å². The number of carbonyl (C=O) groups is 1. The summed E-state index contributed by atoms with van der Waals surface area (Å²) in [5.41, 5.74) is 4.16. The lowest BCUT2D eigenvalue weighted by molar-refractivity contribution is 0.100. The fourth-order valence-electron chi connectivity index (χ4n) is 4.40. The number of hydrogen-bond acceptors (Lipinski definition) is 6. The summed E-state index contributed by atoms with van der Waals surface area (Å²) >= 11 is 12.5. The van der Waals surface area contributed by atoms with E-state index < -0.39 is 0 Å². The number of anilines is 1. The second-order valence-corrected chi connectivity index (χ2v) is 9.55. The van der Waals surface area contributed by atoms with Crippen molar-refractivity contribution in [1.82, 2.24) is 9.97 Å². The van der Waals surface area contributed by atoms with Crippen LogP contribution in [-0.2, 0) is 13.0 Å². The molecule has 1 aliphatic heterocycles. The molecule has 1 fully saturated rings. The normalized spacial score (nSPS) is 14.4. The molecular formula is C26H27Cl2N3O3. The third-order valence-electron chi connectivity index (χ3n) is 6.39. The number of carbonyl (C=O) groups excluding carboxylic acids is 1. The number of ketones is 1. The van der Waals surface area contributed by atoms with Crippen LogP contribution in [0.15, 0.2) is 36.4 Å². The summed E-state index contributed by atoms with van der Waals surface area (Å²) in [4.78, 5) is 22.8. The van der Waals surface area contributed by atoms with E-state index in [1.54, 1.807) is 6.92 Å². The Balaban J connectivity index is 1.40. The Morgan fingerprint density at radius 3 is 2.24 bits per heavy atom. The fourth-order valence-corrected chi connectivity index (χ4v) is 5.01. The molecule has 3 aromatic rings. The van der Waals surface area contributed by atoms with E-state index in [1.807, 2.05) is 12.1 Å². The minimum absolute atomic E-state index is 0.105. The number of aromatic hydroxyl groups is 1. The van der Waals surface area contributed by atoms with E-state index in [-0.39, 0.29) is 23.8 Å². The molecule has 6 nitrogen and oxygen atoms in total. The second-order valence-electron chi connectivity index (χ2n) is 8.74. The summed E-state index contributed by atoms with van der Waals surface area (Å²) < 4.78 is 0. The molecule has 0 radical (unpaired) electrons. The number of aliphatic hydroxyl groups is 1. The molecule has 2 heterocycles. The highest BCUT2D eigenvalue weighted by Gasteiger charge is 2.22. The third-order valence-corrected chi connectivity index (χ3v) is 7.06. The lowest BCUT2D eigenvalue weighted by Crippen LogP contribution is -2.34.